The number of ether oxygens (including phenoxy) is 2. The maximum Gasteiger partial charge on any atom is 0.263 e. The zero-order chi connectivity index (χ0) is 44.3. The number of aryl methyl sites for hydroxylation is 1. The third-order valence-electron chi connectivity index (χ3n) is 13.4. The lowest BCUT2D eigenvalue weighted by Gasteiger charge is -2.39. The molecule has 0 bridgehead atoms. The van der Waals surface area contributed by atoms with Crippen molar-refractivity contribution in [2.24, 2.45) is 0 Å². The normalized spacial score (nSPS) is 19.2. The number of hydrogen-bond acceptors (Lipinski definition) is 14. The summed E-state index contributed by atoms with van der Waals surface area (Å²) >= 11 is 1.50. The molecule has 2 aromatic carbocycles. The number of nitriles is 1. The van der Waals surface area contributed by atoms with Crippen LogP contribution in [0.1, 0.15) is 89.9 Å². The summed E-state index contributed by atoms with van der Waals surface area (Å²) in [5, 5.41) is 25.7. The van der Waals surface area contributed by atoms with Gasteiger partial charge >= 0.3 is 0 Å². The Balaban J connectivity index is 1.08. The smallest absolute Gasteiger partial charge is 0.263 e. The number of likely N-dealkylation sites (tertiary alicyclic amines) is 1. The molecule has 10 rings (SSSR count). The van der Waals surface area contributed by atoms with Crippen LogP contribution >= 0.6 is 11.3 Å². The maximum atomic E-state index is 14.8. The number of sulfonamides is 1. The van der Waals surface area contributed by atoms with Gasteiger partial charge in [0.1, 0.15) is 22.6 Å². The Morgan fingerprint density at radius 2 is 1.69 bits per heavy atom. The van der Waals surface area contributed by atoms with Gasteiger partial charge in [-0.2, -0.15) is 19.8 Å². The Morgan fingerprint density at radius 3 is 2.33 bits per heavy atom. The molecule has 0 amide bonds. The van der Waals surface area contributed by atoms with Crippen LogP contribution in [0.4, 0.5) is 5.00 Å². The zero-order valence-corrected chi connectivity index (χ0v) is 37.8. The van der Waals surface area contributed by atoms with Gasteiger partial charge in [-0.05, 0) is 119 Å². The molecule has 18 heteroatoms. The maximum absolute atomic E-state index is 14.8. The fourth-order valence-electron chi connectivity index (χ4n) is 10.2. The molecule has 2 N–H and O–H groups in total. The van der Waals surface area contributed by atoms with E-state index in [0.29, 0.717) is 56.9 Å². The summed E-state index contributed by atoms with van der Waals surface area (Å²) < 4.78 is 51.5. The molecule has 6 heterocycles. The monoisotopic (exact) mass is 899 g/mol. The fourth-order valence-corrected chi connectivity index (χ4v) is 12.7. The molecule has 3 atom stereocenters. The van der Waals surface area contributed by atoms with Crippen LogP contribution in [0, 0.1) is 11.3 Å². The van der Waals surface area contributed by atoms with Crippen LogP contribution in [0.15, 0.2) is 76.5 Å². The molecular weight excluding hydrogens is 851 g/mol. The fraction of sp³-hybridized carbons (Fsp3) is 0.391. The van der Waals surface area contributed by atoms with Gasteiger partial charge in [-0.15, -0.1) is 11.3 Å². The van der Waals surface area contributed by atoms with E-state index >= 15 is 0 Å². The first-order valence-corrected chi connectivity index (χ1v) is 23.9. The summed E-state index contributed by atoms with van der Waals surface area (Å²) in [5.74, 6) is 2.76. The van der Waals surface area contributed by atoms with E-state index in [9.17, 15) is 13.7 Å². The number of likely N-dealkylation sites (N-methyl/N-ethyl adjacent to an activating group) is 1. The third kappa shape index (κ3) is 7.01. The first-order valence-electron chi connectivity index (χ1n) is 21.6. The molecule has 2 aliphatic carbocycles. The van der Waals surface area contributed by atoms with Gasteiger partial charge in [0.25, 0.3) is 10.0 Å². The van der Waals surface area contributed by atoms with E-state index in [1.54, 1.807) is 26.6 Å². The highest BCUT2D eigenvalue weighted by atomic mass is 32.2. The van der Waals surface area contributed by atoms with Crippen LogP contribution < -0.4 is 15.2 Å². The highest BCUT2D eigenvalue weighted by Crippen LogP contribution is 2.55. The van der Waals surface area contributed by atoms with Crippen LogP contribution in [-0.4, -0.2) is 86.2 Å². The second kappa shape index (κ2) is 16.5. The van der Waals surface area contributed by atoms with E-state index in [1.165, 1.54) is 26.4 Å². The van der Waals surface area contributed by atoms with Gasteiger partial charge in [-0.25, -0.2) is 27.7 Å². The van der Waals surface area contributed by atoms with Crippen molar-refractivity contribution in [2.45, 2.75) is 93.9 Å². The van der Waals surface area contributed by atoms with E-state index in [2.05, 4.69) is 24.9 Å². The summed E-state index contributed by atoms with van der Waals surface area (Å²) in [6.45, 7) is 3.32. The number of thiophene rings is 1. The van der Waals surface area contributed by atoms with E-state index in [4.69, 9.17) is 45.1 Å². The van der Waals surface area contributed by atoms with Gasteiger partial charge < -0.3 is 24.6 Å². The molecule has 64 heavy (non-hydrogen) atoms. The van der Waals surface area contributed by atoms with Crippen molar-refractivity contribution in [3.8, 4) is 34.9 Å². The highest BCUT2D eigenvalue weighted by molar-refractivity contribution is 7.89. The predicted molar refractivity (Wildman–Crippen MR) is 241 cm³/mol. The predicted octanol–water partition coefficient (Wildman–Crippen LogP) is 7.20. The number of nitrogens with two attached hydrogens (primary N) is 1. The van der Waals surface area contributed by atoms with Crippen molar-refractivity contribution in [1.29, 1.82) is 5.26 Å². The van der Waals surface area contributed by atoms with Crippen LogP contribution in [0.3, 0.4) is 0 Å². The Bertz CT molecular complexity index is 2970. The van der Waals surface area contributed by atoms with Crippen molar-refractivity contribution in [1.82, 2.24) is 43.9 Å². The summed E-state index contributed by atoms with van der Waals surface area (Å²) in [6.07, 6.45) is 10.4. The second-order valence-corrected chi connectivity index (χ2v) is 20.1. The van der Waals surface area contributed by atoms with Crippen LogP contribution in [0.5, 0.6) is 11.5 Å². The largest absolute Gasteiger partial charge is 0.497 e. The second-order valence-electron chi connectivity index (χ2n) is 17.1. The number of hydrogen-bond donors (Lipinski definition) is 1. The van der Waals surface area contributed by atoms with E-state index in [-0.39, 0.29) is 30.2 Å². The molecule has 7 aromatic rings. The number of aromatic nitrogens is 7. The molecule has 1 spiro atoms. The zero-order valence-electron chi connectivity index (χ0n) is 36.2. The number of nitrogen functional groups attached to an aromatic ring is 1. The van der Waals surface area contributed by atoms with Crippen molar-refractivity contribution in [3.63, 3.8) is 0 Å². The van der Waals surface area contributed by atoms with E-state index < -0.39 is 15.4 Å². The molecule has 0 unspecified atom stereocenters. The molecule has 3 aliphatic rings. The average Bonchev–Trinajstić information content (AvgIpc) is 4.17. The van der Waals surface area contributed by atoms with Crippen LogP contribution in [0.2, 0.25) is 0 Å². The van der Waals surface area contributed by atoms with Gasteiger partial charge in [0.05, 0.1) is 42.8 Å². The lowest BCUT2D eigenvalue weighted by molar-refractivity contribution is 0.232. The van der Waals surface area contributed by atoms with Gasteiger partial charge in [-0.3, -0.25) is 0 Å². The van der Waals surface area contributed by atoms with Crippen molar-refractivity contribution in [2.75, 3.05) is 33.5 Å². The Hall–Kier alpha value is -6.13. The summed E-state index contributed by atoms with van der Waals surface area (Å²) in [4.78, 5) is 13.8. The molecule has 1 saturated heterocycles. The van der Waals surface area contributed by atoms with Crippen molar-refractivity contribution in [3.05, 3.63) is 105 Å². The lowest BCUT2D eigenvalue weighted by atomic mass is 9.63. The minimum absolute atomic E-state index is 0.0396. The van der Waals surface area contributed by atoms with Gasteiger partial charge in [0.2, 0.25) is 0 Å². The molecule has 1 fully saturated rings. The van der Waals surface area contributed by atoms with Crippen LogP contribution in [-0.2, 0) is 41.4 Å². The standard InChI is InChI=1S/C46H49N11O5S2/c1-28(36-9-7-22-54(36)2)57-45-35(25-49-57)44(50-43(51-45)40-33-8-5-20-46(41(33)62-53-40)21-6-10-37-39(46)34(24-47)42(48)63-37)56-23-19-38(52-56)64(58,59)55(26-29-11-15-31(60-3)16-12-29)27-30-13-17-32(61-4)18-14-30/h11-19,23,25,28,36H,5-10,20-22,26-27,48H2,1-4H3/t28-,36-,46-/m0/s1. The van der Waals surface area contributed by atoms with E-state index in [1.807, 2.05) is 53.2 Å². The van der Waals surface area contributed by atoms with Gasteiger partial charge in [0.15, 0.2) is 33.8 Å². The lowest BCUT2D eigenvalue weighted by Crippen LogP contribution is -2.35. The van der Waals surface area contributed by atoms with Crippen LogP contribution in [0.25, 0.3) is 28.4 Å². The Labute approximate surface area is 375 Å². The summed E-state index contributed by atoms with van der Waals surface area (Å²) in [7, 11) is 1.13. The first kappa shape index (κ1) is 41.9. The molecule has 330 valence electrons. The number of anilines is 1. The highest BCUT2D eigenvalue weighted by Gasteiger charge is 2.49. The summed E-state index contributed by atoms with van der Waals surface area (Å²) in [5.41, 5.74) is 11.0. The Kier molecular flexibility index (Phi) is 10.8. The third-order valence-corrected chi connectivity index (χ3v) is 16.2. The average molecular weight is 900 g/mol. The summed E-state index contributed by atoms with van der Waals surface area (Å²) in [6, 6.07) is 18.8. The topological polar surface area (TPSA) is 196 Å². The molecular formula is C46H49N11O5S2. The number of rotatable bonds is 12. The van der Waals surface area contributed by atoms with Crippen molar-refractivity contribution >= 4 is 37.4 Å². The SMILES string of the molecule is COc1ccc(CN(Cc2ccc(OC)cc2)S(=O)(=O)c2ccn(-c3nc(-c4noc5c4CCC[C@@]54CCCc5sc(N)c(C#N)c54)nc4c3cnn4[C@@H](C)[C@@H]3CCCN3C)n2)cc1. The van der Waals surface area contributed by atoms with Gasteiger partial charge in [-0.1, -0.05) is 29.4 Å². The Morgan fingerprint density at radius 1 is 1.00 bits per heavy atom. The molecule has 5 aromatic heterocycles. The molecule has 0 saturated carbocycles. The van der Waals surface area contributed by atoms with E-state index in [0.717, 1.165) is 84.4 Å². The number of fused-ring (bicyclic) bond motifs is 5. The minimum Gasteiger partial charge on any atom is -0.497 e. The van der Waals surface area contributed by atoms with Gasteiger partial charge in [0, 0.05) is 35.8 Å². The molecule has 0 radical (unpaired) electrons. The number of methoxy groups -OCH3 is 2. The minimum atomic E-state index is -4.19. The molecule has 1 aliphatic heterocycles. The number of benzene rings is 2. The number of nitrogens with zero attached hydrogens (tertiary/aromatic N) is 10. The first-order chi connectivity index (χ1) is 31.0. The quantitative estimate of drug-likeness (QED) is 0.129. The molecule has 16 nitrogen and oxygen atoms in total. The van der Waals surface area contributed by atoms with Crippen molar-refractivity contribution < 1.29 is 22.4 Å².